The summed E-state index contributed by atoms with van der Waals surface area (Å²) in [6, 6.07) is 7.71. The zero-order chi connectivity index (χ0) is 15.5. The second-order valence-corrected chi connectivity index (χ2v) is 6.33. The standard InChI is InChI=1S/C15H16N2O4S/c18-13(19)6-5-10-7-9(8-21-10)14(20)17-15-16-11-3-1-2-4-12(11)22-15/h1-4,9-10H,5-8H2,(H,18,19)(H,16,17,20). The molecular weight excluding hydrogens is 304 g/mol. The van der Waals surface area contributed by atoms with Crippen LogP contribution in [0.1, 0.15) is 19.3 Å². The minimum Gasteiger partial charge on any atom is -0.481 e. The molecule has 2 unspecified atom stereocenters. The molecule has 0 aliphatic carbocycles. The zero-order valence-corrected chi connectivity index (χ0v) is 12.6. The Morgan fingerprint density at radius 2 is 2.23 bits per heavy atom. The van der Waals surface area contributed by atoms with Crippen molar-refractivity contribution in [3.63, 3.8) is 0 Å². The van der Waals surface area contributed by atoms with Gasteiger partial charge in [-0.3, -0.25) is 9.59 Å². The molecule has 1 amide bonds. The number of anilines is 1. The highest BCUT2D eigenvalue weighted by molar-refractivity contribution is 7.22. The molecular formula is C15H16N2O4S. The number of amides is 1. The van der Waals surface area contributed by atoms with Gasteiger partial charge >= 0.3 is 5.97 Å². The summed E-state index contributed by atoms with van der Waals surface area (Å²) < 4.78 is 6.52. The molecule has 2 atom stereocenters. The number of aliphatic carboxylic acids is 1. The van der Waals surface area contributed by atoms with Crippen LogP contribution in [-0.4, -0.2) is 34.7 Å². The molecule has 1 saturated heterocycles. The van der Waals surface area contributed by atoms with E-state index in [1.807, 2.05) is 24.3 Å². The molecule has 3 rings (SSSR count). The fourth-order valence-corrected chi connectivity index (χ4v) is 3.38. The number of aromatic nitrogens is 1. The predicted octanol–water partition coefficient (Wildman–Crippen LogP) is 2.50. The zero-order valence-electron chi connectivity index (χ0n) is 11.8. The summed E-state index contributed by atoms with van der Waals surface area (Å²) in [6.07, 6.45) is 0.920. The van der Waals surface area contributed by atoms with Crippen molar-refractivity contribution in [2.45, 2.75) is 25.4 Å². The fraction of sp³-hybridized carbons (Fsp3) is 0.400. The number of rotatable bonds is 5. The smallest absolute Gasteiger partial charge is 0.303 e. The van der Waals surface area contributed by atoms with Gasteiger partial charge in [0.25, 0.3) is 0 Å². The van der Waals surface area contributed by atoms with E-state index in [1.165, 1.54) is 11.3 Å². The highest BCUT2D eigenvalue weighted by atomic mass is 32.1. The maximum atomic E-state index is 12.2. The number of thiazole rings is 1. The van der Waals surface area contributed by atoms with Crippen LogP contribution in [0.3, 0.4) is 0 Å². The third-order valence-corrected chi connectivity index (χ3v) is 4.61. The van der Waals surface area contributed by atoms with Crippen molar-refractivity contribution in [2.75, 3.05) is 11.9 Å². The molecule has 1 aliphatic heterocycles. The first-order valence-electron chi connectivity index (χ1n) is 7.11. The van der Waals surface area contributed by atoms with Crippen LogP contribution < -0.4 is 5.32 Å². The molecule has 116 valence electrons. The van der Waals surface area contributed by atoms with Crippen LogP contribution >= 0.6 is 11.3 Å². The Balaban J connectivity index is 1.57. The van der Waals surface area contributed by atoms with Crippen molar-refractivity contribution in [1.29, 1.82) is 0 Å². The first-order chi connectivity index (χ1) is 10.6. The van der Waals surface area contributed by atoms with Gasteiger partial charge in [0, 0.05) is 6.42 Å². The van der Waals surface area contributed by atoms with Gasteiger partial charge in [0.1, 0.15) is 0 Å². The monoisotopic (exact) mass is 320 g/mol. The lowest BCUT2D eigenvalue weighted by atomic mass is 10.0. The number of carbonyl (C=O) groups excluding carboxylic acids is 1. The normalized spacial score (nSPS) is 21.1. The molecule has 1 aromatic carbocycles. The Morgan fingerprint density at radius 3 is 3.00 bits per heavy atom. The van der Waals surface area contributed by atoms with Gasteiger partial charge in [-0.25, -0.2) is 4.98 Å². The van der Waals surface area contributed by atoms with Crippen molar-refractivity contribution < 1.29 is 19.4 Å². The van der Waals surface area contributed by atoms with Crippen molar-refractivity contribution >= 4 is 38.6 Å². The molecule has 22 heavy (non-hydrogen) atoms. The first kappa shape index (κ1) is 14.9. The molecule has 0 radical (unpaired) electrons. The van der Waals surface area contributed by atoms with E-state index in [-0.39, 0.29) is 24.3 Å². The van der Waals surface area contributed by atoms with Crippen LogP contribution in [0.4, 0.5) is 5.13 Å². The lowest BCUT2D eigenvalue weighted by molar-refractivity contribution is -0.137. The fourth-order valence-electron chi connectivity index (χ4n) is 2.51. The van der Waals surface area contributed by atoms with Crippen molar-refractivity contribution in [2.24, 2.45) is 5.92 Å². The number of para-hydroxylation sites is 1. The summed E-state index contributed by atoms with van der Waals surface area (Å²) in [5.74, 6) is -1.20. The minimum absolute atomic E-state index is 0.0663. The van der Waals surface area contributed by atoms with Gasteiger partial charge in [-0.05, 0) is 25.0 Å². The molecule has 1 fully saturated rings. The Morgan fingerprint density at radius 1 is 1.41 bits per heavy atom. The number of nitrogens with zero attached hydrogens (tertiary/aromatic N) is 1. The number of hydrogen-bond acceptors (Lipinski definition) is 5. The van der Waals surface area contributed by atoms with Crippen LogP contribution in [0.25, 0.3) is 10.2 Å². The molecule has 2 N–H and O–H groups in total. The molecule has 7 heteroatoms. The average molecular weight is 320 g/mol. The summed E-state index contributed by atoms with van der Waals surface area (Å²) in [6.45, 7) is 0.334. The number of nitrogens with one attached hydrogen (secondary N) is 1. The summed E-state index contributed by atoms with van der Waals surface area (Å²) in [5.41, 5.74) is 0.866. The lowest BCUT2D eigenvalue weighted by Gasteiger charge is -2.07. The van der Waals surface area contributed by atoms with Gasteiger partial charge in [-0.15, -0.1) is 0 Å². The second-order valence-electron chi connectivity index (χ2n) is 5.30. The number of carbonyl (C=O) groups is 2. The van der Waals surface area contributed by atoms with Crippen LogP contribution in [-0.2, 0) is 14.3 Å². The number of hydrogen-bond donors (Lipinski definition) is 2. The highest BCUT2D eigenvalue weighted by Crippen LogP contribution is 2.28. The van der Waals surface area contributed by atoms with Crippen molar-refractivity contribution in [3.8, 4) is 0 Å². The summed E-state index contributed by atoms with van der Waals surface area (Å²) in [4.78, 5) is 27.2. The van der Waals surface area contributed by atoms with E-state index in [4.69, 9.17) is 9.84 Å². The predicted molar refractivity (Wildman–Crippen MR) is 83.0 cm³/mol. The Labute approximate surface area is 131 Å². The van der Waals surface area contributed by atoms with E-state index in [2.05, 4.69) is 10.3 Å². The van der Waals surface area contributed by atoms with Crippen LogP contribution in [0.15, 0.2) is 24.3 Å². The molecule has 1 aliphatic rings. The average Bonchev–Trinajstić information content (AvgIpc) is 3.11. The third kappa shape index (κ3) is 3.42. The van der Waals surface area contributed by atoms with E-state index in [0.29, 0.717) is 24.6 Å². The highest BCUT2D eigenvalue weighted by Gasteiger charge is 2.31. The van der Waals surface area contributed by atoms with E-state index in [0.717, 1.165) is 10.2 Å². The Bertz CT molecular complexity index is 667. The Hall–Kier alpha value is -1.99. The van der Waals surface area contributed by atoms with E-state index >= 15 is 0 Å². The molecule has 0 bridgehead atoms. The molecule has 6 nitrogen and oxygen atoms in total. The van der Waals surface area contributed by atoms with Crippen molar-refractivity contribution in [3.05, 3.63) is 24.3 Å². The van der Waals surface area contributed by atoms with E-state index in [1.54, 1.807) is 0 Å². The topological polar surface area (TPSA) is 88.5 Å². The quantitative estimate of drug-likeness (QED) is 0.883. The largest absolute Gasteiger partial charge is 0.481 e. The molecule has 2 aromatic rings. The van der Waals surface area contributed by atoms with Crippen molar-refractivity contribution in [1.82, 2.24) is 4.98 Å². The lowest BCUT2D eigenvalue weighted by Crippen LogP contribution is -2.23. The molecule has 0 spiro atoms. The van der Waals surface area contributed by atoms with E-state index < -0.39 is 5.97 Å². The first-order valence-corrected chi connectivity index (χ1v) is 7.93. The molecule has 2 heterocycles. The molecule has 1 aromatic heterocycles. The maximum absolute atomic E-state index is 12.2. The van der Waals surface area contributed by atoms with Gasteiger partial charge in [0.15, 0.2) is 5.13 Å². The van der Waals surface area contributed by atoms with Gasteiger partial charge in [-0.1, -0.05) is 23.5 Å². The van der Waals surface area contributed by atoms with Gasteiger partial charge in [0.05, 0.1) is 28.8 Å². The third-order valence-electron chi connectivity index (χ3n) is 3.66. The minimum atomic E-state index is -0.842. The van der Waals surface area contributed by atoms with Gasteiger partial charge in [0.2, 0.25) is 5.91 Å². The number of fused-ring (bicyclic) bond motifs is 1. The van der Waals surface area contributed by atoms with E-state index in [9.17, 15) is 9.59 Å². The summed E-state index contributed by atoms with van der Waals surface area (Å²) in [5, 5.41) is 12.1. The number of benzene rings is 1. The van der Waals surface area contributed by atoms with Crippen LogP contribution in [0.5, 0.6) is 0 Å². The second kappa shape index (κ2) is 6.41. The number of ether oxygens (including phenoxy) is 1. The number of carboxylic acids is 1. The maximum Gasteiger partial charge on any atom is 0.303 e. The SMILES string of the molecule is O=C(O)CCC1CC(C(=O)Nc2nc3ccccc3s2)CO1. The molecule has 0 saturated carbocycles. The summed E-state index contributed by atoms with van der Waals surface area (Å²) >= 11 is 1.44. The number of carboxylic acid groups (broad SMARTS) is 1. The van der Waals surface area contributed by atoms with Gasteiger partial charge < -0.3 is 15.2 Å². The summed E-state index contributed by atoms with van der Waals surface area (Å²) in [7, 11) is 0. The Kier molecular flexibility index (Phi) is 4.35. The van der Waals surface area contributed by atoms with Crippen LogP contribution in [0, 0.1) is 5.92 Å². The van der Waals surface area contributed by atoms with Crippen LogP contribution in [0.2, 0.25) is 0 Å². The van der Waals surface area contributed by atoms with Gasteiger partial charge in [-0.2, -0.15) is 0 Å².